The Morgan fingerprint density at radius 3 is 1.84 bits per heavy atom. The van der Waals surface area contributed by atoms with Crippen LogP contribution in [-0.2, 0) is 9.53 Å². The predicted octanol–water partition coefficient (Wildman–Crippen LogP) is 6.17. The standard InChI is InChI=1S/C22H42O3/c1-4-6-8-10-11-12-13-14-16-18-22(3,24)20-19(21(23)25-20)17-15-9-7-5-2/h19-20,24H,4-18H2,1-3H3/t19-,20-,22?/m0/s1. The van der Waals surface area contributed by atoms with E-state index in [0.717, 1.165) is 25.7 Å². The highest BCUT2D eigenvalue weighted by atomic mass is 16.6. The summed E-state index contributed by atoms with van der Waals surface area (Å²) < 4.78 is 5.32. The summed E-state index contributed by atoms with van der Waals surface area (Å²) in [4.78, 5) is 11.7. The van der Waals surface area contributed by atoms with E-state index in [1.54, 1.807) is 0 Å². The lowest BCUT2D eigenvalue weighted by Gasteiger charge is -2.44. The van der Waals surface area contributed by atoms with Gasteiger partial charge in [-0.1, -0.05) is 97.3 Å². The molecule has 1 unspecified atom stereocenters. The largest absolute Gasteiger partial charge is 0.458 e. The van der Waals surface area contributed by atoms with E-state index in [9.17, 15) is 9.90 Å². The zero-order valence-electron chi connectivity index (χ0n) is 17.0. The highest BCUT2D eigenvalue weighted by Crippen LogP contribution is 2.37. The van der Waals surface area contributed by atoms with Gasteiger partial charge < -0.3 is 9.84 Å². The van der Waals surface area contributed by atoms with Crippen molar-refractivity contribution < 1.29 is 14.6 Å². The molecule has 3 nitrogen and oxygen atoms in total. The number of carbonyl (C=O) groups excluding carboxylic acids is 1. The first-order valence-corrected chi connectivity index (χ1v) is 11.0. The van der Waals surface area contributed by atoms with Gasteiger partial charge in [0.2, 0.25) is 0 Å². The van der Waals surface area contributed by atoms with Crippen molar-refractivity contribution in [2.24, 2.45) is 5.92 Å². The van der Waals surface area contributed by atoms with Crippen LogP contribution in [0.5, 0.6) is 0 Å². The summed E-state index contributed by atoms with van der Waals surface area (Å²) in [7, 11) is 0. The maximum atomic E-state index is 11.7. The van der Waals surface area contributed by atoms with Crippen LogP contribution in [0, 0.1) is 5.92 Å². The minimum absolute atomic E-state index is 0.0783. The Morgan fingerprint density at radius 2 is 1.32 bits per heavy atom. The fourth-order valence-electron chi connectivity index (χ4n) is 3.90. The van der Waals surface area contributed by atoms with Crippen molar-refractivity contribution in [2.75, 3.05) is 0 Å². The van der Waals surface area contributed by atoms with Crippen molar-refractivity contribution in [1.29, 1.82) is 0 Å². The minimum atomic E-state index is -0.857. The molecule has 25 heavy (non-hydrogen) atoms. The first-order chi connectivity index (χ1) is 12.0. The van der Waals surface area contributed by atoms with E-state index in [1.807, 2.05) is 6.92 Å². The lowest BCUT2D eigenvalue weighted by molar-refractivity contribution is -0.216. The van der Waals surface area contributed by atoms with Gasteiger partial charge in [-0.15, -0.1) is 0 Å². The van der Waals surface area contributed by atoms with Crippen LogP contribution in [0.4, 0.5) is 0 Å². The Labute approximate surface area is 155 Å². The van der Waals surface area contributed by atoms with Crippen LogP contribution in [0.3, 0.4) is 0 Å². The van der Waals surface area contributed by atoms with E-state index in [4.69, 9.17) is 4.74 Å². The minimum Gasteiger partial charge on any atom is -0.458 e. The summed E-state index contributed by atoms with van der Waals surface area (Å²) in [6.07, 6.45) is 17.5. The first kappa shape index (κ1) is 22.5. The van der Waals surface area contributed by atoms with Gasteiger partial charge in [-0.3, -0.25) is 4.79 Å². The number of unbranched alkanes of at least 4 members (excludes halogenated alkanes) is 11. The number of ether oxygens (including phenoxy) is 1. The molecule has 1 aliphatic rings. The van der Waals surface area contributed by atoms with Gasteiger partial charge >= 0.3 is 5.97 Å². The van der Waals surface area contributed by atoms with E-state index in [2.05, 4.69) is 13.8 Å². The molecular formula is C22H42O3. The number of hydrogen-bond acceptors (Lipinski definition) is 3. The van der Waals surface area contributed by atoms with Gasteiger partial charge in [-0.2, -0.15) is 0 Å². The van der Waals surface area contributed by atoms with Crippen LogP contribution in [0.15, 0.2) is 0 Å². The predicted molar refractivity (Wildman–Crippen MR) is 105 cm³/mol. The highest BCUT2D eigenvalue weighted by molar-refractivity contribution is 5.79. The maximum Gasteiger partial charge on any atom is 0.313 e. The Kier molecular flexibility index (Phi) is 11.4. The Hall–Kier alpha value is -0.570. The quantitative estimate of drug-likeness (QED) is 0.266. The van der Waals surface area contributed by atoms with E-state index < -0.39 is 5.60 Å². The van der Waals surface area contributed by atoms with Crippen molar-refractivity contribution in [1.82, 2.24) is 0 Å². The Morgan fingerprint density at radius 1 is 0.840 bits per heavy atom. The Bertz CT molecular complexity index is 351. The van der Waals surface area contributed by atoms with Gasteiger partial charge in [0.1, 0.15) is 6.10 Å². The normalized spacial score (nSPS) is 22.3. The van der Waals surface area contributed by atoms with Crippen molar-refractivity contribution >= 4 is 5.97 Å². The zero-order chi connectivity index (χ0) is 18.5. The second-order valence-corrected chi connectivity index (χ2v) is 8.25. The van der Waals surface area contributed by atoms with Crippen LogP contribution >= 0.6 is 0 Å². The van der Waals surface area contributed by atoms with E-state index in [1.165, 1.54) is 70.6 Å². The molecule has 0 spiro atoms. The van der Waals surface area contributed by atoms with Crippen molar-refractivity contribution in [3.8, 4) is 0 Å². The summed E-state index contributed by atoms with van der Waals surface area (Å²) in [6, 6.07) is 0. The van der Waals surface area contributed by atoms with Crippen molar-refractivity contribution in [3.63, 3.8) is 0 Å². The third kappa shape index (κ3) is 8.57. The third-order valence-corrected chi connectivity index (χ3v) is 5.68. The Balaban J connectivity index is 2.14. The van der Waals surface area contributed by atoms with Crippen LogP contribution in [0.2, 0.25) is 0 Å². The summed E-state index contributed by atoms with van der Waals surface area (Å²) >= 11 is 0. The molecule has 0 aromatic heterocycles. The molecule has 3 heteroatoms. The second-order valence-electron chi connectivity index (χ2n) is 8.25. The lowest BCUT2D eigenvalue weighted by atomic mass is 9.78. The SMILES string of the molecule is CCCCCCCCCCCC(C)(O)[C@H]1OC(=O)[C@H]1CCCCCC. The maximum absolute atomic E-state index is 11.7. The molecule has 1 aliphatic heterocycles. The lowest BCUT2D eigenvalue weighted by Crippen LogP contribution is -2.57. The van der Waals surface area contributed by atoms with E-state index >= 15 is 0 Å². The summed E-state index contributed by atoms with van der Waals surface area (Å²) in [6.45, 7) is 6.30. The number of esters is 1. The van der Waals surface area contributed by atoms with Gasteiger partial charge in [-0.25, -0.2) is 0 Å². The molecule has 0 aromatic rings. The summed E-state index contributed by atoms with van der Waals surface area (Å²) in [5, 5.41) is 10.7. The van der Waals surface area contributed by atoms with Crippen molar-refractivity contribution in [3.05, 3.63) is 0 Å². The molecule has 148 valence electrons. The first-order valence-electron chi connectivity index (χ1n) is 11.0. The summed E-state index contributed by atoms with van der Waals surface area (Å²) in [5.74, 6) is -0.181. The molecule has 1 heterocycles. The van der Waals surface area contributed by atoms with Crippen LogP contribution in [0.1, 0.15) is 117 Å². The molecule has 0 amide bonds. The number of aliphatic hydroxyl groups is 1. The van der Waals surface area contributed by atoms with Crippen molar-refractivity contribution in [2.45, 2.75) is 129 Å². The van der Waals surface area contributed by atoms with Crippen LogP contribution in [-0.4, -0.2) is 22.8 Å². The monoisotopic (exact) mass is 354 g/mol. The zero-order valence-corrected chi connectivity index (χ0v) is 17.0. The van der Waals surface area contributed by atoms with Crippen LogP contribution < -0.4 is 0 Å². The molecule has 1 saturated heterocycles. The fraction of sp³-hybridized carbons (Fsp3) is 0.955. The molecule has 1 fully saturated rings. The van der Waals surface area contributed by atoms with Gasteiger partial charge in [-0.05, 0) is 19.8 Å². The number of carbonyl (C=O) groups is 1. The molecule has 0 saturated carbocycles. The average Bonchev–Trinajstić information content (AvgIpc) is 2.57. The second kappa shape index (κ2) is 12.7. The number of rotatable bonds is 16. The number of cyclic esters (lactones) is 1. The molecular weight excluding hydrogens is 312 g/mol. The molecule has 0 aliphatic carbocycles. The third-order valence-electron chi connectivity index (χ3n) is 5.68. The number of hydrogen-bond donors (Lipinski definition) is 1. The van der Waals surface area contributed by atoms with Gasteiger partial charge in [0.05, 0.1) is 11.5 Å². The molecule has 0 bridgehead atoms. The van der Waals surface area contributed by atoms with E-state index in [0.29, 0.717) is 0 Å². The molecule has 0 radical (unpaired) electrons. The van der Waals surface area contributed by atoms with Gasteiger partial charge in [0.25, 0.3) is 0 Å². The average molecular weight is 355 g/mol. The topological polar surface area (TPSA) is 46.5 Å². The van der Waals surface area contributed by atoms with Gasteiger partial charge in [0, 0.05) is 0 Å². The van der Waals surface area contributed by atoms with E-state index in [-0.39, 0.29) is 18.0 Å². The fourth-order valence-corrected chi connectivity index (χ4v) is 3.90. The highest BCUT2D eigenvalue weighted by Gasteiger charge is 2.51. The van der Waals surface area contributed by atoms with Gasteiger partial charge in [0.15, 0.2) is 0 Å². The molecule has 0 aromatic carbocycles. The molecule has 3 atom stereocenters. The molecule has 1 N–H and O–H groups in total. The smallest absolute Gasteiger partial charge is 0.313 e. The summed E-state index contributed by atoms with van der Waals surface area (Å²) in [5.41, 5.74) is -0.857. The van der Waals surface area contributed by atoms with Crippen LogP contribution in [0.25, 0.3) is 0 Å². The molecule has 1 rings (SSSR count).